The van der Waals surface area contributed by atoms with Gasteiger partial charge in [0.05, 0.1) is 122 Å². The Morgan fingerprint density at radius 2 is 0.899 bits per heavy atom. The fourth-order valence-corrected chi connectivity index (χ4v) is 14.3. The number of aliphatic hydroxyl groups is 1. The maximum Gasteiger partial charge on any atom is 0.372 e. The number of ketones is 2. The molecule has 759 valence electrons. The highest BCUT2D eigenvalue weighted by Crippen LogP contribution is 2.38. The van der Waals surface area contributed by atoms with Gasteiger partial charge >= 0.3 is 34.9 Å². The van der Waals surface area contributed by atoms with Crippen LogP contribution < -0.4 is 51.3 Å². The van der Waals surface area contributed by atoms with Crippen molar-refractivity contribution in [3.8, 4) is 23.5 Å². The summed E-state index contributed by atoms with van der Waals surface area (Å²) < 4.78 is 66.2. The first-order valence-corrected chi connectivity index (χ1v) is 46.2. The van der Waals surface area contributed by atoms with E-state index in [-0.39, 0.29) is 129 Å². The molecule has 0 amide bonds. The van der Waals surface area contributed by atoms with Gasteiger partial charge in [-0.05, 0) is 136 Å². The molecule has 6 unspecified atom stereocenters. The summed E-state index contributed by atoms with van der Waals surface area (Å²) >= 11 is 38.9. The average molecular weight is 2080 g/mol. The average Bonchev–Trinajstić information content (AvgIpc) is 1.20. The van der Waals surface area contributed by atoms with Gasteiger partial charge in [-0.3, -0.25) is 39.9 Å². The number of nitrogens with zero attached hydrogens (tertiary/aromatic N) is 15. The second-order valence-electron chi connectivity index (χ2n) is 30.2. The second-order valence-corrected chi connectivity index (χ2v) is 32.6. The molecule has 7 fully saturated rings. The minimum absolute atomic E-state index is 0. The lowest BCUT2D eigenvalue weighted by molar-refractivity contribution is -0.385. The normalized spacial score (nSPS) is 18.6. The van der Waals surface area contributed by atoms with Crippen LogP contribution in [0.5, 0.6) is 23.5 Å². The Labute approximate surface area is 834 Å². The van der Waals surface area contributed by atoms with Crippen LogP contribution in [0.1, 0.15) is 152 Å². The Morgan fingerprint density at radius 1 is 0.478 bits per heavy atom. The van der Waals surface area contributed by atoms with Gasteiger partial charge in [0.25, 0.3) is 0 Å². The molecule has 6 aromatic rings. The van der Waals surface area contributed by atoms with Crippen LogP contribution in [0.15, 0.2) is 18.1 Å². The lowest BCUT2D eigenvalue weighted by atomic mass is 10.1. The molecular formula is C82H115B2Cl7N21O26. The van der Waals surface area contributed by atoms with E-state index in [1.54, 1.807) is 5.98 Å². The molecule has 56 heteroatoms. The van der Waals surface area contributed by atoms with Gasteiger partial charge in [0.2, 0.25) is 65.9 Å². The third kappa shape index (κ3) is 43.2. The topological polar surface area (TPSA) is 642 Å². The number of allylic oxidation sites excluding steroid dienone is 2. The first kappa shape index (κ1) is 121. The van der Waals surface area contributed by atoms with Crippen LogP contribution in [0.2, 0.25) is 36.6 Å². The number of nitrogens with two attached hydrogens (primary N) is 1. The zero-order valence-electron chi connectivity index (χ0n) is 76.8. The predicted octanol–water partition coefficient (Wildman–Crippen LogP) is 9.71. The summed E-state index contributed by atoms with van der Waals surface area (Å²) in [5, 5.41) is 54.6. The first-order valence-electron chi connectivity index (χ1n) is 43.5. The van der Waals surface area contributed by atoms with Crippen molar-refractivity contribution in [1.29, 1.82) is 0 Å². The quantitative estimate of drug-likeness (QED) is 0.00505. The molecule has 7 saturated heterocycles. The number of Topliss-reactive ketones (excluding diaryl/α,β-unsaturated/α-hetero) is 2. The van der Waals surface area contributed by atoms with Gasteiger partial charge in [-0.25, -0.2) is 24.5 Å². The monoisotopic (exact) mass is 2080 g/mol. The zero-order valence-corrected chi connectivity index (χ0v) is 82.1. The fraction of sp³-hybridized carbons (Fsp3) is 0.610. The van der Waals surface area contributed by atoms with Crippen LogP contribution in [-0.4, -0.2) is 306 Å². The molecule has 47 nitrogen and oxygen atoms in total. The molecule has 0 saturated carbocycles. The van der Waals surface area contributed by atoms with E-state index in [2.05, 4.69) is 118 Å². The number of nitro groups is 3. The molecule has 6 aromatic heterocycles. The van der Waals surface area contributed by atoms with Crippen LogP contribution in [-0.2, 0) is 87.5 Å². The SMILES string of the molecule is C1CCOC1.CCC/C=C/c1nc(NC2CCOC2)c2c(n1)OCC(=O)C2.CCCCCc1nc(NC2CCOC2)c2c(n1)OCCC2.COC(=O)CO.COC(=O)COc1nc(Cl)nc(NC2CCOC2)c1[N+](=O)[O-].NC1CCOC1.O.O.O=C1COc2nc(Cl)nc(NC3CCOC3)c2C1.O=[N+]([O-])c1c(Cl)nc(Cl)nc1Cl.O=[N+]([O-])c1c(Cl)nc(Cl)nc1NC1CCOC1.[B].[B]/C=C/CCC. The van der Waals surface area contributed by atoms with E-state index in [1.807, 2.05) is 12.2 Å². The van der Waals surface area contributed by atoms with E-state index in [1.165, 1.54) is 46.3 Å². The minimum atomic E-state index is -0.777. The number of aliphatic hydroxyl groups excluding tert-OH is 1. The molecule has 16 heterocycles. The molecule has 138 heavy (non-hydrogen) atoms. The maximum atomic E-state index is 11.7. The number of nitrogens with one attached hydrogen (secondary N) is 5. The summed E-state index contributed by atoms with van der Waals surface area (Å²) in [6.45, 7) is 16.3. The number of rotatable bonds is 26. The number of unbranched alkanes of at least 4 members (excludes halogenated alkanes) is 4. The van der Waals surface area contributed by atoms with E-state index in [0.29, 0.717) is 99.4 Å². The van der Waals surface area contributed by atoms with Gasteiger partial charge in [-0.1, -0.05) is 93.4 Å². The van der Waals surface area contributed by atoms with Gasteiger partial charge < -0.3 is 110 Å². The molecule has 10 aliphatic heterocycles. The van der Waals surface area contributed by atoms with Crippen molar-refractivity contribution in [1.82, 2.24) is 59.8 Å². The summed E-state index contributed by atoms with van der Waals surface area (Å²) in [5.74, 6) is 5.37. The Morgan fingerprint density at radius 3 is 1.30 bits per heavy atom. The number of fused-ring (bicyclic) bond motifs is 3. The van der Waals surface area contributed by atoms with E-state index < -0.39 is 57.2 Å². The first-order chi connectivity index (χ1) is 65.1. The molecule has 5 radical (unpaired) electrons. The van der Waals surface area contributed by atoms with Crippen LogP contribution in [0, 0.1) is 30.3 Å². The second kappa shape index (κ2) is 66.9. The van der Waals surface area contributed by atoms with E-state index in [9.17, 15) is 49.5 Å². The lowest BCUT2D eigenvalue weighted by Crippen LogP contribution is -2.26. The summed E-state index contributed by atoms with van der Waals surface area (Å²) in [6.07, 6.45) is 25.3. The number of esters is 2. The summed E-state index contributed by atoms with van der Waals surface area (Å²) in [7, 11) is 7.42. The standard InChI is InChI=1S/C16H21N3O3.C16H25N3O2.C11H13ClN4O6.C11H12ClN3O3.C8H8Cl2N4O3.C5H9B.C4Cl3N3O2.C4H9NO.C4H8O.C3H6O3.B.2H2O/c1-2-3-4-5-14-18-15(17-11-6-7-21-9-11)13-8-12(20)10-22-16(13)19-14;1-2-3-4-7-14-18-15(17-12-8-10-20-11-12)13-6-5-9-21-16(13)19-14;1-20-7(17)5-22-10-8(16(18)19)9(14-11(12)15-10)13-6-2-3-21-4-6;12-11-14-9(13-6-1-2-17-4-6)8-3-7(16)5-18-10(8)15-11;9-6-5(14(15)16)7(13-8(10)12-6)11-4-1-2-17-3-4;1-2-3-4-5-6;5-2-1(10(11)12)3(6)9-4(7)8-2;5-4-1-2-6-3-4;1-2-4-5-3-1;1-6-3(5)2-4;;;/h4-5,11H,2-3,6-10H2,1H3,(H,17,18,19);12H,2-11H2,1H3,(H,17,18,19);6H,2-5H2,1H3,(H,13,14,15);6H,1-5H2,(H,13,14,15);4H,1-3H2,(H,11,12,13);4-5H,2-3H2,1H3;;4H,1-3,5H2;1-4H2;4H,2H2,1H3;;2*1H2/b5-4+;;;;;5-4+;;;;;;;. The van der Waals surface area contributed by atoms with E-state index in [0.717, 1.165) is 165 Å². The third-order valence-electron chi connectivity index (χ3n) is 19.6. The van der Waals surface area contributed by atoms with Crippen LogP contribution in [0.3, 0.4) is 0 Å². The molecule has 0 aliphatic carbocycles. The van der Waals surface area contributed by atoms with Crippen molar-refractivity contribution < 1.29 is 112 Å². The molecule has 0 aromatic carbocycles. The number of anilines is 5. The molecule has 0 spiro atoms. The van der Waals surface area contributed by atoms with Gasteiger partial charge in [0, 0.05) is 86.6 Å². The molecule has 0 bridgehead atoms. The largest absolute Gasteiger partial charge is 0.477 e. The van der Waals surface area contributed by atoms with Crippen molar-refractivity contribution >= 4 is 173 Å². The number of halogens is 7. The Bertz CT molecular complexity index is 4800. The number of methoxy groups -OCH3 is 2. The summed E-state index contributed by atoms with van der Waals surface area (Å²) in [6, 6.07) is 0.953. The summed E-state index contributed by atoms with van der Waals surface area (Å²) in [4.78, 5) is 122. The van der Waals surface area contributed by atoms with E-state index >= 15 is 0 Å². The van der Waals surface area contributed by atoms with Crippen molar-refractivity contribution in [2.45, 2.75) is 185 Å². The summed E-state index contributed by atoms with van der Waals surface area (Å²) in [5.41, 5.74) is 6.59. The molecular weight excluding hydrogens is 1960 g/mol. The van der Waals surface area contributed by atoms with Crippen LogP contribution >= 0.6 is 81.2 Å². The Balaban J connectivity index is 0.000000330. The number of hydrogen-bond acceptors (Lipinski definition) is 42. The minimum Gasteiger partial charge on any atom is -0.477 e. The van der Waals surface area contributed by atoms with Gasteiger partial charge in [-0.2, -0.15) is 44.9 Å². The van der Waals surface area contributed by atoms with Crippen molar-refractivity contribution in [3.05, 3.63) is 113 Å². The highest BCUT2D eigenvalue weighted by atomic mass is 35.5. The number of carbonyl (C=O) groups is 4. The molecule has 16 rings (SSSR count). The highest BCUT2D eigenvalue weighted by molar-refractivity contribution is 6.38. The number of ether oxygens (including phenoxy) is 13. The van der Waals surface area contributed by atoms with Crippen molar-refractivity contribution in [2.75, 3.05) is 166 Å². The smallest absolute Gasteiger partial charge is 0.372 e. The highest BCUT2D eigenvalue weighted by Gasteiger charge is 2.34. The van der Waals surface area contributed by atoms with E-state index in [4.69, 9.17) is 157 Å². The molecule has 12 N–H and O–H groups in total. The van der Waals surface area contributed by atoms with Gasteiger partial charge in [0.1, 0.15) is 50.9 Å². The van der Waals surface area contributed by atoms with Gasteiger partial charge in [-0.15, -0.1) is 5.98 Å². The van der Waals surface area contributed by atoms with Crippen LogP contribution in [0.4, 0.5) is 46.2 Å². The number of aromatic nitrogens is 12. The maximum absolute atomic E-state index is 11.7. The zero-order chi connectivity index (χ0) is 98.0. The Hall–Kier alpha value is -9.64. The van der Waals surface area contributed by atoms with Gasteiger partial charge in [0.15, 0.2) is 24.0 Å². The van der Waals surface area contributed by atoms with Crippen LogP contribution in [0.25, 0.3) is 6.08 Å². The predicted molar refractivity (Wildman–Crippen MR) is 514 cm³/mol. The number of carbonyl (C=O) groups excluding carboxylic acids is 4. The number of hydrogen-bond donors (Lipinski definition) is 7. The lowest BCUT2D eigenvalue weighted by Gasteiger charge is -2.22. The fourth-order valence-electron chi connectivity index (χ4n) is 12.7. The molecule has 6 atom stereocenters. The molecule has 10 aliphatic rings. The van der Waals surface area contributed by atoms with Crippen molar-refractivity contribution in [2.24, 2.45) is 5.73 Å². The number of aryl methyl sites for hydroxylation is 1. The third-order valence-corrected chi connectivity index (χ3v) is 21.0. The van der Waals surface area contributed by atoms with Crippen molar-refractivity contribution in [3.63, 3.8) is 0 Å². The Kier molecular flexibility index (Phi) is 58.5.